The predicted molar refractivity (Wildman–Crippen MR) is 85.3 cm³/mol. The van der Waals surface area contributed by atoms with Gasteiger partial charge in [0.1, 0.15) is 0 Å². The average Bonchev–Trinajstić information content (AvgIpc) is 2.41. The highest BCUT2D eigenvalue weighted by molar-refractivity contribution is 6.31. The summed E-state index contributed by atoms with van der Waals surface area (Å²) in [5, 5.41) is 4.02. The van der Waals surface area contributed by atoms with Crippen molar-refractivity contribution in [3.8, 4) is 0 Å². The van der Waals surface area contributed by atoms with E-state index >= 15 is 0 Å². The molecule has 20 heavy (non-hydrogen) atoms. The molecule has 1 N–H and O–H groups in total. The van der Waals surface area contributed by atoms with E-state index in [1.807, 2.05) is 25.1 Å². The van der Waals surface area contributed by atoms with Crippen LogP contribution in [0.4, 0.5) is 5.69 Å². The third-order valence-corrected chi connectivity index (χ3v) is 3.20. The molecule has 0 aliphatic carbocycles. The second-order valence-corrected chi connectivity index (χ2v) is 5.21. The monoisotopic (exact) mass is 305 g/mol. The molecule has 0 aliphatic heterocycles. The molecule has 0 fully saturated rings. The van der Waals surface area contributed by atoms with E-state index in [4.69, 9.17) is 23.2 Å². The molecule has 2 rings (SSSR count). The fraction of sp³-hybridized carbons (Fsp3) is 0.0625. The number of benzene rings is 2. The molecule has 0 aromatic heterocycles. The summed E-state index contributed by atoms with van der Waals surface area (Å²) in [7, 11) is 0. The maximum absolute atomic E-state index is 11.9. The van der Waals surface area contributed by atoms with Crippen LogP contribution in [0.2, 0.25) is 10.0 Å². The molecule has 4 heteroatoms. The third-order valence-electron chi connectivity index (χ3n) is 2.73. The maximum Gasteiger partial charge on any atom is 0.248 e. The number of aryl methyl sites for hydroxylation is 1. The molecular formula is C16H13Cl2NO. The number of amides is 1. The summed E-state index contributed by atoms with van der Waals surface area (Å²) in [6, 6.07) is 12.7. The zero-order chi connectivity index (χ0) is 14.5. The Balaban J connectivity index is 2.07. The van der Waals surface area contributed by atoms with E-state index in [-0.39, 0.29) is 5.91 Å². The number of rotatable bonds is 3. The van der Waals surface area contributed by atoms with Crippen LogP contribution in [0, 0.1) is 6.92 Å². The van der Waals surface area contributed by atoms with Crippen molar-refractivity contribution in [1.29, 1.82) is 0 Å². The molecule has 0 spiro atoms. The molecule has 0 atom stereocenters. The lowest BCUT2D eigenvalue weighted by atomic mass is 10.2. The van der Waals surface area contributed by atoms with Crippen LogP contribution in [-0.4, -0.2) is 5.91 Å². The van der Waals surface area contributed by atoms with Crippen LogP contribution in [0.25, 0.3) is 6.08 Å². The highest BCUT2D eigenvalue weighted by Crippen LogP contribution is 2.20. The highest BCUT2D eigenvalue weighted by atomic mass is 35.5. The molecule has 0 unspecified atom stereocenters. The van der Waals surface area contributed by atoms with Gasteiger partial charge in [-0.05, 0) is 48.4 Å². The number of carbonyl (C=O) groups is 1. The van der Waals surface area contributed by atoms with E-state index in [9.17, 15) is 4.79 Å². The lowest BCUT2D eigenvalue weighted by molar-refractivity contribution is -0.111. The summed E-state index contributed by atoms with van der Waals surface area (Å²) in [5.41, 5.74) is 2.53. The Bertz CT molecular complexity index is 665. The van der Waals surface area contributed by atoms with Gasteiger partial charge in [-0.1, -0.05) is 41.4 Å². The summed E-state index contributed by atoms with van der Waals surface area (Å²) < 4.78 is 0. The summed E-state index contributed by atoms with van der Waals surface area (Å²) >= 11 is 11.8. The lowest BCUT2D eigenvalue weighted by Crippen LogP contribution is -2.08. The van der Waals surface area contributed by atoms with Crippen molar-refractivity contribution < 1.29 is 4.79 Å². The van der Waals surface area contributed by atoms with Crippen molar-refractivity contribution in [2.75, 3.05) is 5.32 Å². The first kappa shape index (κ1) is 14.6. The maximum atomic E-state index is 11.9. The van der Waals surface area contributed by atoms with Gasteiger partial charge in [-0.2, -0.15) is 0 Å². The molecule has 0 saturated heterocycles. The van der Waals surface area contributed by atoms with Crippen molar-refractivity contribution >= 4 is 40.9 Å². The van der Waals surface area contributed by atoms with E-state index in [2.05, 4.69) is 5.32 Å². The fourth-order valence-electron chi connectivity index (χ4n) is 1.69. The third kappa shape index (κ3) is 4.12. The average molecular weight is 306 g/mol. The first-order valence-electron chi connectivity index (χ1n) is 6.05. The molecule has 2 nitrogen and oxygen atoms in total. The number of hydrogen-bond donors (Lipinski definition) is 1. The molecule has 1 amide bonds. The van der Waals surface area contributed by atoms with Crippen LogP contribution in [0.3, 0.4) is 0 Å². The van der Waals surface area contributed by atoms with Gasteiger partial charge in [-0.3, -0.25) is 4.79 Å². The second-order valence-electron chi connectivity index (χ2n) is 4.34. The molecule has 0 bridgehead atoms. The molecular weight excluding hydrogens is 293 g/mol. The Morgan fingerprint density at radius 1 is 1.10 bits per heavy atom. The number of carbonyl (C=O) groups excluding carboxylic acids is 1. The van der Waals surface area contributed by atoms with Crippen LogP contribution in [-0.2, 0) is 4.79 Å². The van der Waals surface area contributed by atoms with Gasteiger partial charge in [0.05, 0.1) is 0 Å². The minimum absolute atomic E-state index is 0.213. The fourth-order valence-corrected chi connectivity index (χ4v) is 2.06. The Morgan fingerprint density at radius 3 is 2.60 bits per heavy atom. The molecule has 0 saturated carbocycles. The number of anilines is 1. The number of hydrogen-bond acceptors (Lipinski definition) is 1. The Kier molecular flexibility index (Phi) is 4.83. The molecule has 0 heterocycles. The van der Waals surface area contributed by atoms with Gasteiger partial charge < -0.3 is 5.32 Å². The number of halogens is 2. The molecule has 2 aromatic rings. The summed E-state index contributed by atoms with van der Waals surface area (Å²) in [6.45, 7) is 1.91. The number of nitrogens with one attached hydrogen (secondary N) is 1. The Morgan fingerprint density at radius 2 is 1.85 bits per heavy atom. The second kappa shape index (κ2) is 6.60. The van der Waals surface area contributed by atoms with Crippen molar-refractivity contribution in [1.82, 2.24) is 0 Å². The van der Waals surface area contributed by atoms with Crippen LogP contribution in [0.1, 0.15) is 11.1 Å². The largest absolute Gasteiger partial charge is 0.322 e. The first-order valence-corrected chi connectivity index (χ1v) is 6.81. The van der Waals surface area contributed by atoms with E-state index in [0.29, 0.717) is 15.7 Å². The molecule has 2 aromatic carbocycles. The van der Waals surface area contributed by atoms with Gasteiger partial charge in [0.25, 0.3) is 0 Å². The van der Waals surface area contributed by atoms with E-state index < -0.39 is 0 Å². The summed E-state index contributed by atoms with van der Waals surface area (Å²) in [4.78, 5) is 11.9. The van der Waals surface area contributed by atoms with Gasteiger partial charge in [-0.15, -0.1) is 0 Å². The van der Waals surface area contributed by atoms with Crippen molar-refractivity contribution in [2.45, 2.75) is 6.92 Å². The quantitative estimate of drug-likeness (QED) is 0.798. The highest BCUT2D eigenvalue weighted by Gasteiger charge is 2.02. The Hall–Kier alpha value is -1.77. The zero-order valence-corrected chi connectivity index (χ0v) is 12.4. The van der Waals surface area contributed by atoms with Crippen LogP contribution in [0.5, 0.6) is 0 Å². The normalized spacial score (nSPS) is 10.8. The van der Waals surface area contributed by atoms with Gasteiger partial charge in [0.2, 0.25) is 5.91 Å². The molecule has 0 aliphatic rings. The SMILES string of the molecule is Cc1ccc(Cl)cc1NC(=O)C=Cc1cccc(Cl)c1. The zero-order valence-electron chi connectivity index (χ0n) is 10.9. The minimum atomic E-state index is -0.213. The standard InChI is InChI=1S/C16H13Cl2NO/c1-11-5-7-14(18)10-15(11)19-16(20)8-6-12-3-2-4-13(17)9-12/h2-10H,1H3,(H,19,20). The lowest BCUT2D eigenvalue weighted by Gasteiger charge is -2.06. The van der Waals surface area contributed by atoms with Crippen LogP contribution >= 0.6 is 23.2 Å². The topological polar surface area (TPSA) is 29.1 Å². The van der Waals surface area contributed by atoms with E-state index in [0.717, 1.165) is 11.1 Å². The van der Waals surface area contributed by atoms with Gasteiger partial charge in [-0.25, -0.2) is 0 Å². The van der Waals surface area contributed by atoms with Gasteiger partial charge in [0, 0.05) is 21.8 Å². The predicted octanol–water partition coefficient (Wildman–Crippen LogP) is 4.95. The molecule has 102 valence electrons. The van der Waals surface area contributed by atoms with Crippen LogP contribution in [0.15, 0.2) is 48.5 Å². The Labute approximate surface area is 128 Å². The minimum Gasteiger partial charge on any atom is -0.322 e. The van der Waals surface area contributed by atoms with Crippen LogP contribution < -0.4 is 5.32 Å². The smallest absolute Gasteiger partial charge is 0.248 e. The van der Waals surface area contributed by atoms with Crippen molar-refractivity contribution in [2.24, 2.45) is 0 Å². The van der Waals surface area contributed by atoms with Gasteiger partial charge in [0.15, 0.2) is 0 Å². The first-order chi connectivity index (χ1) is 9.54. The van der Waals surface area contributed by atoms with Crippen molar-refractivity contribution in [3.05, 3.63) is 69.7 Å². The van der Waals surface area contributed by atoms with Gasteiger partial charge >= 0.3 is 0 Å². The van der Waals surface area contributed by atoms with Crippen molar-refractivity contribution in [3.63, 3.8) is 0 Å². The molecule has 0 radical (unpaired) electrons. The van der Waals surface area contributed by atoms with E-state index in [1.165, 1.54) is 6.08 Å². The summed E-state index contributed by atoms with van der Waals surface area (Å²) in [6.07, 6.45) is 3.17. The van der Waals surface area contributed by atoms with E-state index in [1.54, 1.807) is 30.3 Å². The summed E-state index contributed by atoms with van der Waals surface area (Å²) in [5.74, 6) is -0.213.